The van der Waals surface area contributed by atoms with Gasteiger partial charge in [-0.2, -0.15) is 0 Å². The standard InChI is InChI=1S/C19H24N2O5S/c1-12-9-14(21-7-2-8-27(21,25)26)5-6-15(12)18(22)20-10-16(13-3-4-13)17(11-20)19(23)24/h5-6,9,13,16-17H,2-4,7-8,10-11H2,1H3,(H,23,24)/t16-,17+/m1/s1. The van der Waals surface area contributed by atoms with Gasteiger partial charge in [-0.05, 0) is 61.8 Å². The molecule has 146 valence electrons. The number of anilines is 1. The summed E-state index contributed by atoms with van der Waals surface area (Å²) in [5.74, 6) is -0.866. The highest BCUT2D eigenvalue weighted by molar-refractivity contribution is 7.93. The van der Waals surface area contributed by atoms with Crippen LogP contribution in [0, 0.1) is 24.7 Å². The molecule has 1 saturated carbocycles. The number of hydrogen-bond acceptors (Lipinski definition) is 4. The Balaban J connectivity index is 1.55. The van der Waals surface area contributed by atoms with E-state index >= 15 is 0 Å². The molecule has 3 aliphatic rings. The van der Waals surface area contributed by atoms with Gasteiger partial charge in [0.05, 0.1) is 17.4 Å². The van der Waals surface area contributed by atoms with Crippen LogP contribution in [-0.2, 0) is 14.8 Å². The lowest BCUT2D eigenvalue weighted by molar-refractivity contribution is -0.142. The molecule has 2 saturated heterocycles. The second kappa shape index (κ2) is 6.51. The van der Waals surface area contributed by atoms with Gasteiger partial charge in [0.25, 0.3) is 5.91 Å². The van der Waals surface area contributed by atoms with Crippen LogP contribution in [0.1, 0.15) is 35.2 Å². The van der Waals surface area contributed by atoms with Crippen molar-refractivity contribution >= 4 is 27.6 Å². The maximum atomic E-state index is 13.0. The Bertz CT molecular complexity index is 893. The Morgan fingerprint density at radius 1 is 1.19 bits per heavy atom. The number of nitrogens with zero attached hydrogens (tertiary/aromatic N) is 2. The number of hydrogen-bond donors (Lipinski definition) is 1. The SMILES string of the molecule is Cc1cc(N2CCCS2(=O)=O)ccc1C(=O)N1C[C@H](C(=O)O)[C@@H](C2CC2)C1. The fourth-order valence-corrected chi connectivity index (χ4v) is 5.96. The van der Waals surface area contributed by atoms with Crippen LogP contribution in [0.4, 0.5) is 5.69 Å². The zero-order valence-corrected chi connectivity index (χ0v) is 16.1. The molecule has 1 amide bonds. The summed E-state index contributed by atoms with van der Waals surface area (Å²) in [6.45, 7) is 2.99. The van der Waals surface area contributed by atoms with Gasteiger partial charge in [-0.3, -0.25) is 13.9 Å². The zero-order chi connectivity index (χ0) is 19.3. The fraction of sp³-hybridized carbons (Fsp3) is 0.579. The van der Waals surface area contributed by atoms with Gasteiger partial charge in [-0.15, -0.1) is 0 Å². The Morgan fingerprint density at radius 2 is 1.93 bits per heavy atom. The summed E-state index contributed by atoms with van der Waals surface area (Å²) in [6.07, 6.45) is 2.71. The number of likely N-dealkylation sites (tertiary alicyclic amines) is 1. The van der Waals surface area contributed by atoms with Crippen molar-refractivity contribution in [2.45, 2.75) is 26.2 Å². The van der Waals surface area contributed by atoms with Crippen molar-refractivity contribution in [1.29, 1.82) is 0 Å². The molecule has 0 aromatic heterocycles. The molecule has 1 aromatic carbocycles. The van der Waals surface area contributed by atoms with Gasteiger partial charge < -0.3 is 10.0 Å². The van der Waals surface area contributed by atoms with Gasteiger partial charge in [0.2, 0.25) is 10.0 Å². The summed E-state index contributed by atoms with van der Waals surface area (Å²) in [6, 6.07) is 5.08. The smallest absolute Gasteiger partial charge is 0.308 e. The number of rotatable bonds is 4. The minimum Gasteiger partial charge on any atom is -0.481 e. The minimum absolute atomic E-state index is 0.0424. The van der Waals surface area contributed by atoms with E-state index in [1.54, 1.807) is 30.0 Å². The average molecular weight is 392 g/mol. The van der Waals surface area contributed by atoms with Gasteiger partial charge >= 0.3 is 5.97 Å². The van der Waals surface area contributed by atoms with Crippen molar-refractivity contribution < 1.29 is 23.1 Å². The number of carbonyl (C=O) groups is 2. The number of carboxylic acids is 1. The molecular weight excluding hydrogens is 368 g/mol. The fourth-order valence-electron chi connectivity index (χ4n) is 4.40. The maximum Gasteiger partial charge on any atom is 0.308 e. The highest BCUT2D eigenvalue weighted by atomic mass is 32.2. The minimum atomic E-state index is -3.26. The largest absolute Gasteiger partial charge is 0.481 e. The highest BCUT2D eigenvalue weighted by Gasteiger charge is 2.47. The monoisotopic (exact) mass is 392 g/mol. The molecule has 2 aliphatic heterocycles. The molecular formula is C19H24N2O5S. The third-order valence-corrected chi connectivity index (χ3v) is 7.89. The average Bonchev–Trinajstić information content (AvgIpc) is 3.24. The number of aryl methyl sites for hydroxylation is 1. The second-order valence-corrected chi connectivity index (χ2v) is 9.91. The van der Waals surface area contributed by atoms with E-state index in [-0.39, 0.29) is 24.1 Å². The third-order valence-electron chi connectivity index (χ3n) is 6.02. The van der Waals surface area contributed by atoms with E-state index < -0.39 is 21.9 Å². The van der Waals surface area contributed by atoms with Crippen LogP contribution < -0.4 is 4.31 Å². The Kier molecular flexibility index (Phi) is 4.41. The molecule has 7 nitrogen and oxygen atoms in total. The predicted octanol–water partition coefficient (Wildman–Crippen LogP) is 1.72. The first kappa shape index (κ1) is 18.3. The Hall–Kier alpha value is -2.09. The lowest BCUT2D eigenvalue weighted by Gasteiger charge is -2.21. The molecule has 0 radical (unpaired) electrons. The van der Waals surface area contributed by atoms with Crippen LogP contribution >= 0.6 is 0 Å². The molecule has 0 bridgehead atoms. The van der Waals surface area contributed by atoms with E-state index in [2.05, 4.69) is 0 Å². The van der Waals surface area contributed by atoms with Crippen molar-refractivity contribution in [2.75, 3.05) is 29.7 Å². The Labute approximate surface area is 159 Å². The lowest BCUT2D eigenvalue weighted by atomic mass is 9.92. The van der Waals surface area contributed by atoms with E-state index in [1.165, 1.54) is 4.31 Å². The first-order valence-electron chi connectivity index (χ1n) is 9.41. The molecule has 1 N–H and O–H groups in total. The predicted molar refractivity (Wildman–Crippen MR) is 100 cm³/mol. The van der Waals surface area contributed by atoms with Crippen molar-refractivity contribution in [3.05, 3.63) is 29.3 Å². The molecule has 1 aromatic rings. The number of amides is 1. The normalized spacial score (nSPS) is 27.1. The zero-order valence-electron chi connectivity index (χ0n) is 15.3. The molecule has 3 fully saturated rings. The molecule has 0 unspecified atom stereocenters. The lowest BCUT2D eigenvalue weighted by Crippen LogP contribution is -2.30. The summed E-state index contributed by atoms with van der Waals surface area (Å²) in [7, 11) is -3.26. The van der Waals surface area contributed by atoms with Crippen LogP contribution in [-0.4, -0.2) is 55.7 Å². The highest BCUT2D eigenvalue weighted by Crippen LogP contribution is 2.44. The summed E-state index contributed by atoms with van der Waals surface area (Å²) in [5.41, 5.74) is 1.81. The number of carbonyl (C=O) groups excluding carboxylic acids is 1. The third kappa shape index (κ3) is 3.31. The van der Waals surface area contributed by atoms with Gasteiger partial charge in [0, 0.05) is 25.2 Å². The number of benzene rings is 1. The topological polar surface area (TPSA) is 95.0 Å². The van der Waals surface area contributed by atoms with Gasteiger partial charge in [-0.25, -0.2) is 8.42 Å². The van der Waals surface area contributed by atoms with E-state index in [0.717, 1.165) is 12.8 Å². The van der Waals surface area contributed by atoms with E-state index in [1.807, 2.05) is 0 Å². The van der Waals surface area contributed by atoms with Crippen molar-refractivity contribution in [3.8, 4) is 0 Å². The van der Waals surface area contributed by atoms with Gasteiger partial charge in [0.1, 0.15) is 0 Å². The number of sulfonamides is 1. The van der Waals surface area contributed by atoms with E-state index in [4.69, 9.17) is 0 Å². The molecule has 27 heavy (non-hydrogen) atoms. The second-order valence-electron chi connectivity index (χ2n) is 7.90. The number of aliphatic carboxylic acids is 1. The maximum absolute atomic E-state index is 13.0. The van der Waals surface area contributed by atoms with Gasteiger partial charge in [0.15, 0.2) is 0 Å². The molecule has 0 spiro atoms. The van der Waals surface area contributed by atoms with Crippen LogP contribution in [0.15, 0.2) is 18.2 Å². The summed E-state index contributed by atoms with van der Waals surface area (Å²) < 4.78 is 25.6. The number of carboxylic acid groups (broad SMARTS) is 1. The van der Waals surface area contributed by atoms with Crippen LogP contribution in [0.5, 0.6) is 0 Å². The van der Waals surface area contributed by atoms with Crippen molar-refractivity contribution in [3.63, 3.8) is 0 Å². The van der Waals surface area contributed by atoms with E-state index in [0.29, 0.717) is 42.2 Å². The first-order chi connectivity index (χ1) is 12.8. The van der Waals surface area contributed by atoms with Crippen LogP contribution in [0.25, 0.3) is 0 Å². The van der Waals surface area contributed by atoms with Crippen LogP contribution in [0.2, 0.25) is 0 Å². The molecule has 2 heterocycles. The first-order valence-corrected chi connectivity index (χ1v) is 11.0. The Morgan fingerprint density at radius 3 is 2.48 bits per heavy atom. The van der Waals surface area contributed by atoms with Crippen LogP contribution in [0.3, 0.4) is 0 Å². The molecule has 1 aliphatic carbocycles. The molecule has 4 rings (SSSR count). The molecule has 2 atom stereocenters. The van der Waals surface area contributed by atoms with Crippen molar-refractivity contribution in [1.82, 2.24) is 4.90 Å². The summed E-state index contributed by atoms with van der Waals surface area (Å²) in [4.78, 5) is 26.2. The molecule has 8 heteroatoms. The van der Waals surface area contributed by atoms with E-state index in [9.17, 15) is 23.1 Å². The summed E-state index contributed by atoms with van der Waals surface area (Å²) >= 11 is 0. The quantitative estimate of drug-likeness (QED) is 0.842. The van der Waals surface area contributed by atoms with Gasteiger partial charge in [-0.1, -0.05) is 0 Å². The van der Waals surface area contributed by atoms with Crippen molar-refractivity contribution in [2.24, 2.45) is 17.8 Å². The summed E-state index contributed by atoms with van der Waals surface area (Å²) in [5, 5.41) is 9.49.